The Balaban J connectivity index is 2.08. The van der Waals surface area contributed by atoms with Crippen LogP contribution in [-0.4, -0.2) is 6.54 Å². The van der Waals surface area contributed by atoms with Gasteiger partial charge < -0.3 is 10.1 Å². The van der Waals surface area contributed by atoms with Gasteiger partial charge in [-0.2, -0.15) is 0 Å². The minimum atomic E-state index is 0.901. The lowest BCUT2D eigenvalue weighted by molar-refractivity contribution is 0.478. The molecule has 0 aromatic heterocycles. The Morgan fingerprint density at radius 1 is 0.905 bits per heavy atom. The molecule has 0 radical (unpaired) electrons. The van der Waals surface area contributed by atoms with E-state index in [2.05, 4.69) is 63.3 Å². The lowest BCUT2D eigenvalue weighted by atomic mass is 10.1. The minimum absolute atomic E-state index is 0.901. The molecule has 0 aliphatic carbocycles. The minimum Gasteiger partial charge on any atom is -0.457 e. The lowest BCUT2D eigenvalue weighted by Crippen LogP contribution is -2.13. The standard InChI is InChI=1S/C19H25NO/c1-5-10-20-13-17-7-9-19(16(4)11-17)21-18-8-6-14(2)15(3)12-18/h6-9,11-12,20H,5,10,13H2,1-4H3. The average molecular weight is 283 g/mol. The summed E-state index contributed by atoms with van der Waals surface area (Å²) in [4.78, 5) is 0. The largest absolute Gasteiger partial charge is 0.457 e. The molecule has 0 unspecified atom stereocenters. The highest BCUT2D eigenvalue weighted by atomic mass is 16.5. The normalized spacial score (nSPS) is 10.7. The molecule has 2 rings (SSSR count). The number of aryl methyl sites for hydroxylation is 3. The van der Waals surface area contributed by atoms with Crippen molar-refractivity contribution in [3.05, 3.63) is 58.7 Å². The Kier molecular flexibility index (Phi) is 5.40. The first kappa shape index (κ1) is 15.6. The number of hydrogen-bond donors (Lipinski definition) is 1. The summed E-state index contributed by atoms with van der Waals surface area (Å²) >= 11 is 0. The molecule has 0 heterocycles. The Labute approximate surface area is 128 Å². The van der Waals surface area contributed by atoms with E-state index in [0.717, 1.165) is 31.0 Å². The van der Waals surface area contributed by atoms with Gasteiger partial charge in [0.15, 0.2) is 0 Å². The van der Waals surface area contributed by atoms with E-state index in [1.165, 1.54) is 22.3 Å². The van der Waals surface area contributed by atoms with Gasteiger partial charge in [0.2, 0.25) is 0 Å². The van der Waals surface area contributed by atoms with Crippen molar-refractivity contribution >= 4 is 0 Å². The van der Waals surface area contributed by atoms with Crippen LogP contribution in [0.3, 0.4) is 0 Å². The molecule has 0 bridgehead atoms. The third-order valence-corrected chi connectivity index (χ3v) is 3.70. The Morgan fingerprint density at radius 2 is 1.71 bits per heavy atom. The van der Waals surface area contributed by atoms with E-state index in [-0.39, 0.29) is 0 Å². The molecule has 0 fully saturated rings. The van der Waals surface area contributed by atoms with Crippen LogP contribution < -0.4 is 10.1 Å². The van der Waals surface area contributed by atoms with Crippen molar-refractivity contribution < 1.29 is 4.74 Å². The maximum absolute atomic E-state index is 6.01. The molecule has 0 saturated carbocycles. The fourth-order valence-electron chi connectivity index (χ4n) is 2.25. The molecule has 2 nitrogen and oxygen atoms in total. The van der Waals surface area contributed by atoms with Gasteiger partial charge in [-0.1, -0.05) is 25.1 Å². The van der Waals surface area contributed by atoms with Crippen LogP contribution in [0, 0.1) is 20.8 Å². The smallest absolute Gasteiger partial charge is 0.130 e. The highest BCUT2D eigenvalue weighted by Crippen LogP contribution is 2.27. The van der Waals surface area contributed by atoms with Crippen LogP contribution in [0.2, 0.25) is 0 Å². The van der Waals surface area contributed by atoms with Crippen LogP contribution in [-0.2, 0) is 6.54 Å². The quantitative estimate of drug-likeness (QED) is 0.761. The lowest BCUT2D eigenvalue weighted by Gasteiger charge is -2.12. The third kappa shape index (κ3) is 4.33. The number of rotatable bonds is 6. The number of ether oxygens (including phenoxy) is 1. The Hall–Kier alpha value is -1.80. The molecular weight excluding hydrogens is 258 g/mol. The highest BCUT2D eigenvalue weighted by molar-refractivity contribution is 5.41. The highest BCUT2D eigenvalue weighted by Gasteiger charge is 2.04. The van der Waals surface area contributed by atoms with Gasteiger partial charge in [-0.05, 0) is 74.2 Å². The zero-order valence-corrected chi connectivity index (χ0v) is 13.5. The molecule has 21 heavy (non-hydrogen) atoms. The van der Waals surface area contributed by atoms with E-state index in [9.17, 15) is 0 Å². The Morgan fingerprint density at radius 3 is 2.38 bits per heavy atom. The van der Waals surface area contributed by atoms with Gasteiger partial charge in [0, 0.05) is 6.54 Å². The van der Waals surface area contributed by atoms with E-state index in [4.69, 9.17) is 4.74 Å². The second-order valence-electron chi connectivity index (χ2n) is 5.62. The molecule has 2 aromatic carbocycles. The van der Waals surface area contributed by atoms with Crippen LogP contribution in [0.4, 0.5) is 0 Å². The first-order valence-electron chi connectivity index (χ1n) is 7.65. The van der Waals surface area contributed by atoms with Crippen molar-refractivity contribution in [1.29, 1.82) is 0 Å². The molecule has 0 saturated heterocycles. The molecule has 1 N–H and O–H groups in total. The summed E-state index contributed by atoms with van der Waals surface area (Å²) in [5.74, 6) is 1.83. The van der Waals surface area contributed by atoms with Crippen molar-refractivity contribution in [3.63, 3.8) is 0 Å². The maximum Gasteiger partial charge on any atom is 0.130 e. The van der Waals surface area contributed by atoms with Crippen molar-refractivity contribution in [2.24, 2.45) is 0 Å². The first-order chi connectivity index (χ1) is 10.1. The summed E-state index contributed by atoms with van der Waals surface area (Å²) in [5.41, 5.74) is 5.01. The molecule has 0 spiro atoms. The van der Waals surface area contributed by atoms with Gasteiger partial charge in [-0.25, -0.2) is 0 Å². The topological polar surface area (TPSA) is 21.3 Å². The van der Waals surface area contributed by atoms with Crippen molar-refractivity contribution in [3.8, 4) is 11.5 Å². The summed E-state index contributed by atoms with van der Waals surface area (Å²) < 4.78 is 6.01. The Bertz CT molecular complexity index is 605. The molecule has 0 aliphatic rings. The maximum atomic E-state index is 6.01. The van der Waals surface area contributed by atoms with Crippen LogP contribution >= 0.6 is 0 Å². The van der Waals surface area contributed by atoms with Crippen LogP contribution in [0.15, 0.2) is 36.4 Å². The average Bonchev–Trinajstić information content (AvgIpc) is 2.46. The third-order valence-electron chi connectivity index (χ3n) is 3.70. The van der Waals surface area contributed by atoms with Crippen LogP contribution in [0.1, 0.15) is 35.6 Å². The molecule has 2 aromatic rings. The van der Waals surface area contributed by atoms with Crippen molar-refractivity contribution in [2.45, 2.75) is 40.7 Å². The van der Waals surface area contributed by atoms with Gasteiger partial charge in [-0.3, -0.25) is 0 Å². The molecule has 0 aliphatic heterocycles. The van der Waals surface area contributed by atoms with E-state index in [1.807, 2.05) is 6.07 Å². The molecule has 0 amide bonds. The second-order valence-corrected chi connectivity index (χ2v) is 5.62. The molecule has 112 valence electrons. The van der Waals surface area contributed by atoms with Crippen molar-refractivity contribution in [1.82, 2.24) is 5.32 Å². The van der Waals surface area contributed by atoms with Gasteiger partial charge in [0.1, 0.15) is 11.5 Å². The van der Waals surface area contributed by atoms with E-state index < -0.39 is 0 Å². The zero-order valence-electron chi connectivity index (χ0n) is 13.5. The number of benzene rings is 2. The van der Waals surface area contributed by atoms with E-state index in [1.54, 1.807) is 0 Å². The number of nitrogens with one attached hydrogen (secondary N) is 1. The molecular formula is C19H25NO. The van der Waals surface area contributed by atoms with Gasteiger partial charge in [-0.15, -0.1) is 0 Å². The number of hydrogen-bond acceptors (Lipinski definition) is 2. The molecule has 2 heteroatoms. The summed E-state index contributed by atoms with van der Waals surface area (Å²) in [6.45, 7) is 10.5. The van der Waals surface area contributed by atoms with Gasteiger partial charge in [0.05, 0.1) is 0 Å². The predicted molar refractivity (Wildman–Crippen MR) is 89.2 cm³/mol. The predicted octanol–water partition coefficient (Wildman–Crippen LogP) is 4.90. The van der Waals surface area contributed by atoms with E-state index in [0.29, 0.717) is 0 Å². The summed E-state index contributed by atoms with van der Waals surface area (Å²) in [6, 6.07) is 12.6. The van der Waals surface area contributed by atoms with E-state index >= 15 is 0 Å². The SMILES string of the molecule is CCCNCc1ccc(Oc2ccc(C)c(C)c2)c(C)c1. The first-order valence-corrected chi connectivity index (χ1v) is 7.65. The zero-order chi connectivity index (χ0) is 15.2. The summed E-state index contributed by atoms with van der Waals surface area (Å²) in [6.07, 6.45) is 1.16. The van der Waals surface area contributed by atoms with Crippen molar-refractivity contribution in [2.75, 3.05) is 6.54 Å². The monoisotopic (exact) mass is 283 g/mol. The fourth-order valence-corrected chi connectivity index (χ4v) is 2.25. The second kappa shape index (κ2) is 7.28. The van der Waals surface area contributed by atoms with Crippen LogP contribution in [0.5, 0.6) is 11.5 Å². The fraction of sp³-hybridized carbons (Fsp3) is 0.368. The molecule has 0 atom stereocenters. The summed E-state index contributed by atoms with van der Waals surface area (Å²) in [7, 11) is 0. The van der Waals surface area contributed by atoms with Gasteiger partial charge in [0.25, 0.3) is 0 Å². The van der Waals surface area contributed by atoms with Crippen LogP contribution in [0.25, 0.3) is 0 Å². The van der Waals surface area contributed by atoms with Gasteiger partial charge >= 0.3 is 0 Å². The summed E-state index contributed by atoms with van der Waals surface area (Å²) in [5, 5.41) is 3.42.